The molecule has 0 aliphatic rings. The van der Waals surface area contributed by atoms with E-state index in [-0.39, 0.29) is 0 Å². The number of nitrogens with zero attached hydrogens (tertiary/aromatic N) is 1. The van der Waals surface area contributed by atoms with E-state index in [2.05, 4.69) is 18.6 Å². The minimum Gasteiger partial charge on any atom is -0.290 e. The van der Waals surface area contributed by atoms with Crippen LogP contribution in [-0.2, 0) is 0 Å². The Morgan fingerprint density at radius 2 is 2.43 bits per heavy atom. The second-order valence-corrected chi connectivity index (χ2v) is 2.34. The maximum absolute atomic E-state index is 3.69. The summed E-state index contributed by atoms with van der Waals surface area (Å²) in [5.74, 6) is 2.06. The van der Waals surface area contributed by atoms with Crippen molar-refractivity contribution in [1.29, 1.82) is 0 Å². The molecule has 0 amide bonds. The predicted octanol–water partition coefficient (Wildman–Crippen LogP) is 1.79. The molecule has 42 valence electrons. The van der Waals surface area contributed by atoms with Crippen LogP contribution in [0, 0.1) is 0 Å². The Bertz CT molecular complexity index is 45.3. The lowest BCUT2D eigenvalue weighted by molar-refractivity contribution is 1.10. The fourth-order valence-electron chi connectivity index (χ4n) is 0.273. The molecule has 0 aromatic heterocycles. The average Bonchev–Trinajstić information content (AvgIpc) is 1.69. The van der Waals surface area contributed by atoms with Crippen molar-refractivity contribution in [2.24, 2.45) is 4.99 Å². The number of hydrogen-bond donors (Lipinski definition) is 0. The largest absolute Gasteiger partial charge is 0.290 e. The minimum atomic E-state index is 0.855. The Balaban J connectivity index is 2.56. The Morgan fingerprint density at radius 1 is 1.71 bits per heavy atom. The minimum absolute atomic E-state index is 0.855. The van der Waals surface area contributed by atoms with Crippen LogP contribution in [0.5, 0.6) is 0 Å². The zero-order valence-electron chi connectivity index (χ0n) is 4.68. The highest BCUT2D eigenvalue weighted by atomic mass is 32.2. The summed E-state index contributed by atoms with van der Waals surface area (Å²) in [6, 6.07) is 0. The SMILES string of the molecule is C=NCSCCC. The summed E-state index contributed by atoms with van der Waals surface area (Å²) in [5.41, 5.74) is 0. The van der Waals surface area contributed by atoms with Crippen molar-refractivity contribution in [2.45, 2.75) is 13.3 Å². The van der Waals surface area contributed by atoms with Crippen molar-refractivity contribution < 1.29 is 0 Å². The summed E-state index contributed by atoms with van der Waals surface area (Å²) in [5, 5.41) is 0. The number of hydrogen-bond acceptors (Lipinski definition) is 2. The number of thioether (sulfide) groups is 1. The normalized spacial score (nSPS) is 8.71. The van der Waals surface area contributed by atoms with E-state index < -0.39 is 0 Å². The van der Waals surface area contributed by atoms with E-state index in [1.54, 1.807) is 0 Å². The zero-order valence-corrected chi connectivity index (χ0v) is 5.50. The lowest BCUT2D eigenvalue weighted by Crippen LogP contribution is -1.73. The molecule has 0 saturated carbocycles. The highest BCUT2D eigenvalue weighted by molar-refractivity contribution is 7.99. The molecular formula is C5H11NS. The van der Waals surface area contributed by atoms with Gasteiger partial charge in [0, 0.05) is 0 Å². The third-order valence-corrected chi connectivity index (χ3v) is 1.59. The summed E-state index contributed by atoms with van der Waals surface area (Å²) in [7, 11) is 0. The zero-order chi connectivity index (χ0) is 5.54. The lowest BCUT2D eigenvalue weighted by atomic mass is 10.6. The van der Waals surface area contributed by atoms with E-state index in [4.69, 9.17) is 0 Å². The summed E-state index contributed by atoms with van der Waals surface area (Å²) < 4.78 is 0. The summed E-state index contributed by atoms with van der Waals surface area (Å²) in [6.45, 7) is 5.52. The smallest absolute Gasteiger partial charge is 0.0836 e. The molecule has 0 aromatic carbocycles. The van der Waals surface area contributed by atoms with E-state index in [1.807, 2.05) is 11.8 Å². The molecule has 2 heteroatoms. The summed E-state index contributed by atoms with van der Waals surface area (Å²) >= 11 is 1.82. The molecule has 1 nitrogen and oxygen atoms in total. The Kier molecular flexibility index (Phi) is 6.04. The molecule has 7 heavy (non-hydrogen) atoms. The van der Waals surface area contributed by atoms with Crippen molar-refractivity contribution in [3.8, 4) is 0 Å². The van der Waals surface area contributed by atoms with Crippen LogP contribution in [0.1, 0.15) is 13.3 Å². The van der Waals surface area contributed by atoms with Crippen LogP contribution in [0.15, 0.2) is 4.99 Å². The topological polar surface area (TPSA) is 12.4 Å². The molecule has 0 aromatic rings. The van der Waals surface area contributed by atoms with Crippen molar-refractivity contribution in [2.75, 3.05) is 11.6 Å². The van der Waals surface area contributed by atoms with Gasteiger partial charge in [-0.3, -0.25) is 4.99 Å². The van der Waals surface area contributed by atoms with Crippen LogP contribution in [-0.4, -0.2) is 18.3 Å². The van der Waals surface area contributed by atoms with Gasteiger partial charge in [-0.05, 0) is 18.9 Å². The van der Waals surface area contributed by atoms with Gasteiger partial charge in [-0.2, -0.15) is 0 Å². The monoisotopic (exact) mass is 117 g/mol. The molecular weight excluding hydrogens is 106 g/mol. The van der Waals surface area contributed by atoms with Crippen LogP contribution < -0.4 is 0 Å². The Labute approximate surface area is 49.2 Å². The molecule has 0 radical (unpaired) electrons. The lowest BCUT2D eigenvalue weighted by Gasteiger charge is -1.88. The molecule has 0 fully saturated rings. The Morgan fingerprint density at radius 3 is 2.86 bits per heavy atom. The van der Waals surface area contributed by atoms with Gasteiger partial charge in [-0.1, -0.05) is 6.92 Å². The maximum atomic E-state index is 3.69. The van der Waals surface area contributed by atoms with Gasteiger partial charge in [0.2, 0.25) is 0 Å². The summed E-state index contributed by atoms with van der Waals surface area (Å²) in [4.78, 5) is 3.69. The van der Waals surface area contributed by atoms with Gasteiger partial charge >= 0.3 is 0 Å². The number of aliphatic imine (C=N–C) groups is 1. The van der Waals surface area contributed by atoms with Crippen LogP contribution in [0.2, 0.25) is 0 Å². The first-order chi connectivity index (χ1) is 3.41. The second kappa shape index (κ2) is 6.02. The maximum Gasteiger partial charge on any atom is 0.0836 e. The highest BCUT2D eigenvalue weighted by Gasteiger charge is 1.77. The quantitative estimate of drug-likeness (QED) is 0.404. The standard InChI is InChI=1S/C5H11NS/c1-3-4-7-5-6-2/h2-5H2,1H3. The third kappa shape index (κ3) is 6.02. The Hall–Kier alpha value is 0.0200. The molecule has 0 aliphatic carbocycles. The van der Waals surface area contributed by atoms with Gasteiger partial charge in [0.05, 0.1) is 5.88 Å². The molecule has 0 aliphatic heterocycles. The molecule has 0 saturated heterocycles. The van der Waals surface area contributed by atoms with Gasteiger partial charge < -0.3 is 0 Å². The van der Waals surface area contributed by atoms with Gasteiger partial charge in [-0.25, -0.2) is 0 Å². The molecule has 0 rings (SSSR count). The third-order valence-electron chi connectivity index (χ3n) is 0.531. The van der Waals surface area contributed by atoms with E-state index >= 15 is 0 Å². The predicted molar refractivity (Wildman–Crippen MR) is 37.2 cm³/mol. The molecule has 0 bridgehead atoms. The molecule has 0 heterocycles. The van der Waals surface area contributed by atoms with Gasteiger partial charge in [0.25, 0.3) is 0 Å². The van der Waals surface area contributed by atoms with Gasteiger partial charge in [0.1, 0.15) is 0 Å². The summed E-state index contributed by atoms with van der Waals surface area (Å²) in [6.07, 6.45) is 1.24. The van der Waals surface area contributed by atoms with Crippen LogP contribution >= 0.6 is 11.8 Å². The van der Waals surface area contributed by atoms with Gasteiger partial charge in [-0.15, -0.1) is 11.8 Å². The highest BCUT2D eigenvalue weighted by Crippen LogP contribution is 1.99. The van der Waals surface area contributed by atoms with Crippen molar-refractivity contribution in [1.82, 2.24) is 0 Å². The van der Waals surface area contributed by atoms with Crippen LogP contribution in [0.4, 0.5) is 0 Å². The first kappa shape index (κ1) is 7.02. The first-order valence-corrected chi connectivity index (χ1v) is 3.57. The average molecular weight is 117 g/mol. The molecule has 0 spiro atoms. The first-order valence-electron chi connectivity index (χ1n) is 2.42. The van der Waals surface area contributed by atoms with E-state index in [0.29, 0.717) is 0 Å². The fourth-order valence-corrected chi connectivity index (χ4v) is 0.820. The van der Waals surface area contributed by atoms with Crippen molar-refractivity contribution in [3.63, 3.8) is 0 Å². The molecule has 0 atom stereocenters. The second-order valence-electron chi connectivity index (χ2n) is 1.26. The van der Waals surface area contributed by atoms with Crippen LogP contribution in [0.3, 0.4) is 0 Å². The van der Waals surface area contributed by atoms with Crippen molar-refractivity contribution in [3.05, 3.63) is 0 Å². The number of rotatable bonds is 4. The van der Waals surface area contributed by atoms with Crippen molar-refractivity contribution >= 4 is 18.5 Å². The van der Waals surface area contributed by atoms with E-state index in [1.165, 1.54) is 12.2 Å². The van der Waals surface area contributed by atoms with Gasteiger partial charge in [0.15, 0.2) is 0 Å². The molecule has 0 unspecified atom stereocenters. The van der Waals surface area contributed by atoms with E-state index in [9.17, 15) is 0 Å². The van der Waals surface area contributed by atoms with Crippen LogP contribution in [0.25, 0.3) is 0 Å². The fraction of sp³-hybridized carbons (Fsp3) is 0.800. The molecule has 0 N–H and O–H groups in total. The van der Waals surface area contributed by atoms with E-state index in [0.717, 1.165) is 5.88 Å².